The summed E-state index contributed by atoms with van der Waals surface area (Å²) in [5.41, 5.74) is 3.53. The largest absolute Gasteiger partial charge is 0.349 e. The van der Waals surface area contributed by atoms with Crippen molar-refractivity contribution in [1.29, 1.82) is 0 Å². The zero-order valence-electron chi connectivity index (χ0n) is 13.8. The Bertz CT molecular complexity index is 691. The molecule has 4 heteroatoms. The van der Waals surface area contributed by atoms with Gasteiger partial charge >= 0.3 is 0 Å². The molecule has 2 amide bonds. The second kappa shape index (κ2) is 7.58. The van der Waals surface area contributed by atoms with Gasteiger partial charge in [-0.1, -0.05) is 29.8 Å². The number of nitrogens with zero attached hydrogens (tertiary/aromatic N) is 1. The number of carbonyl (C=O) groups excluding carboxylic acids is 2. The van der Waals surface area contributed by atoms with Crippen molar-refractivity contribution >= 4 is 17.5 Å². The van der Waals surface area contributed by atoms with E-state index in [2.05, 4.69) is 5.32 Å². The van der Waals surface area contributed by atoms with Crippen LogP contribution in [0.1, 0.15) is 27.9 Å². The lowest BCUT2D eigenvalue weighted by atomic mass is 10.1. The van der Waals surface area contributed by atoms with E-state index in [-0.39, 0.29) is 11.8 Å². The normalized spacial score (nSPS) is 10.2. The van der Waals surface area contributed by atoms with Gasteiger partial charge in [-0.3, -0.25) is 9.59 Å². The fourth-order valence-corrected chi connectivity index (χ4v) is 2.22. The Morgan fingerprint density at radius 2 is 1.74 bits per heavy atom. The van der Waals surface area contributed by atoms with Gasteiger partial charge in [0.1, 0.15) is 0 Å². The number of rotatable bonds is 5. The van der Waals surface area contributed by atoms with Crippen LogP contribution in [0, 0.1) is 6.92 Å². The van der Waals surface area contributed by atoms with Crippen LogP contribution in [0.4, 0.5) is 5.69 Å². The first-order valence-corrected chi connectivity index (χ1v) is 7.63. The molecule has 0 fully saturated rings. The summed E-state index contributed by atoms with van der Waals surface area (Å²) in [6, 6.07) is 15.1. The van der Waals surface area contributed by atoms with Gasteiger partial charge in [0.05, 0.1) is 0 Å². The highest BCUT2D eigenvalue weighted by molar-refractivity contribution is 6.04. The van der Waals surface area contributed by atoms with E-state index in [1.165, 1.54) is 0 Å². The number of nitrogens with one attached hydrogen (secondary N) is 1. The lowest BCUT2D eigenvalue weighted by Gasteiger charge is -2.10. The zero-order chi connectivity index (χ0) is 16.8. The van der Waals surface area contributed by atoms with Crippen LogP contribution in [0.5, 0.6) is 0 Å². The van der Waals surface area contributed by atoms with Crippen LogP contribution in [0.3, 0.4) is 0 Å². The van der Waals surface area contributed by atoms with Crippen molar-refractivity contribution < 1.29 is 9.59 Å². The predicted octanol–water partition coefficient (Wildman–Crippen LogP) is 3.27. The number of carbonyl (C=O) groups is 2. The highest BCUT2D eigenvalue weighted by Gasteiger charge is 2.07. The van der Waals surface area contributed by atoms with Crippen LogP contribution in [-0.2, 0) is 11.2 Å². The van der Waals surface area contributed by atoms with Gasteiger partial charge in [-0.2, -0.15) is 0 Å². The number of amides is 2. The predicted molar refractivity (Wildman–Crippen MR) is 92.6 cm³/mol. The summed E-state index contributed by atoms with van der Waals surface area (Å²) in [6.45, 7) is 1.96. The zero-order valence-corrected chi connectivity index (χ0v) is 13.8. The van der Waals surface area contributed by atoms with E-state index in [1.807, 2.05) is 49.4 Å². The maximum atomic E-state index is 12.2. The quantitative estimate of drug-likeness (QED) is 0.921. The number of hydrogen-bond acceptors (Lipinski definition) is 2. The SMILES string of the molecule is Cc1cccc(C(=O)Nc2ccc(CCC(=O)N(C)C)cc2)c1. The molecule has 2 aromatic carbocycles. The van der Waals surface area contributed by atoms with Crippen molar-refractivity contribution in [3.8, 4) is 0 Å². The van der Waals surface area contributed by atoms with E-state index < -0.39 is 0 Å². The number of aryl methyl sites for hydroxylation is 2. The Balaban J connectivity index is 1.94. The molecule has 0 aromatic heterocycles. The van der Waals surface area contributed by atoms with Crippen molar-refractivity contribution in [2.24, 2.45) is 0 Å². The molecule has 0 aliphatic rings. The third-order valence-electron chi connectivity index (χ3n) is 3.62. The maximum Gasteiger partial charge on any atom is 0.255 e. The molecule has 4 nitrogen and oxygen atoms in total. The van der Waals surface area contributed by atoms with E-state index in [0.29, 0.717) is 18.4 Å². The molecule has 0 aliphatic heterocycles. The van der Waals surface area contributed by atoms with Gasteiger partial charge in [0.15, 0.2) is 0 Å². The highest BCUT2D eigenvalue weighted by Crippen LogP contribution is 2.13. The molecule has 0 atom stereocenters. The molecule has 0 unspecified atom stereocenters. The van der Waals surface area contributed by atoms with Crippen LogP contribution in [-0.4, -0.2) is 30.8 Å². The lowest BCUT2D eigenvalue weighted by Crippen LogP contribution is -2.21. The first kappa shape index (κ1) is 16.7. The molecule has 0 radical (unpaired) electrons. The molecule has 2 aromatic rings. The van der Waals surface area contributed by atoms with Crippen LogP contribution in [0.15, 0.2) is 48.5 Å². The third kappa shape index (κ3) is 4.95. The Hall–Kier alpha value is -2.62. The number of anilines is 1. The fourth-order valence-electron chi connectivity index (χ4n) is 2.22. The van der Waals surface area contributed by atoms with E-state index in [0.717, 1.165) is 16.8 Å². The van der Waals surface area contributed by atoms with Gasteiger partial charge in [0, 0.05) is 31.8 Å². The fraction of sp³-hybridized carbons (Fsp3) is 0.263. The van der Waals surface area contributed by atoms with Gasteiger partial charge in [0.25, 0.3) is 5.91 Å². The van der Waals surface area contributed by atoms with E-state index in [4.69, 9.17) is 0 Å². The Labute approximate surface area is 137 Å². The molecular formula is C19H22N2O2. The summed E-state index contributed by atoms with van der Waals surface area (Å²) in [5, 5.41) is 2.88. The smallest absolute Gasteiger partial charge is 0.255 e. The number of hydrogen-bond donors (Lipinski definition) is 1. The van der Waals surface area contributed by atoms with Gasteiger partial charge in [-0.05, 0) is 43.2 Å². The minimum atomic E-state index is -0.121. The summed E-state index contributed by atoms with van der Waals surface area (Å²) in [4.78, 5) is 25.4. The van der Waals surface area contributed by atoms with Crippen molar-refractivity contribution in [3.05, 3.63) is 65.2 Å². The van der Waals surface area contributed by atoms with Gasteiger partial charge in [-0.25, -0.2) is 0 Å². The van der Waals surface area contributed by atoms with E-state index in [9.17, 15) is 9.59 Å². The second-order valence-electron chi connectivity index (χ2n) is 5.81. The van der Waals surface area contributed by atoms with Crippen molar-refractivity contribution in [2.75, 3.05) is 19.4 Å². The van der Waals surface area contributed by atoms with Crippen LogP contribution in [0.25, 0.3) is 0 Å². The average Bonchev–Trinajstić information content (AvgIpc) is 2.53. The Kier molecular flexibility index (Phi) is 5.52. The summed E-state index contributed by atoms with van der Waals surface area (Å²) in [7, 11) is 3.51. The molecule has 23 heavy (non-hydrogen) atoms. The summed E-state index contributed by atoms with van der Waals surface area (Å²) in [6.07, 6.45) is 1.19. The topological polar surface area (TPSA) is 49.4 Å². The molecule has 0 saturated heterocycles. The summed E-state index contributed by atoms with van der Waals surface area (Å²) >= 11 is 0. The van der Waals surface area contributed by atoms with E-state index >= 15 is 0 Å². The molecule has 1 N–H and O–H groups in total. The lowest BCUT2D eigenvalue weighted by molar-refractivity contribution is -0.128. The Morgan fingerprint density at radius 3 is 2.35 bits per heavy atom. The second-order valence-corrected chi connectivity index (χ2v) is 5.81. The molecule has 0 aliphatic carbocycles. The van der Waals surface area contributed by atoms with Crippen molar-refractivity contribution in [2.45, 2.75) is 19.8 Å². The number of benzene rings is 2. The minimum absolute atomic E-state index is 0.113. The summed E-state index contributed by atoms with van der Waals surface area (Å²) < 4.78 is 0. The van der Waals surface area contributed by atoms with Crippen molar-refractivity contribution in [3.63, 3.8) is 0 Å². The highest BCUT2D eigenvalue weighted by atomic mass is 16.2. The van der Waals surface area contributed by atoms with Gasteiger partial charge < -0.3 is 10.2 Å². The van der Waals surface area contributed by atoms with Crippen molar-refractivity contribution in [1.82, 2.24) is 4.90 Å². The minimum Gasteiger partial charge on any atom is -0.349 e. The average molecular weight is 310 g/mol. The van der Waals surface area contributed by atoms with Gasteiger partial charge in [0.2, 0.25) is 5.91 Å². The van der Waals surface area contributed by atoms with Crippen LogP contribution in [0.2, 0.25) is 0 Å². The first-order valence-electron chi connectivity index (χ1n) is 7.63. The Morgan fingerprint density at radius 1 is 1.04 bits per heavy atom. The third-order valence-corrected chi connectivity index (χ3v) is 3.62. The van der Waals surface area contributed by atoms with Crippen LogP contribution < -0.4 is 5.32 Å². The maximum absolute atomic E-state index is 12.2. The molecule has 0 bridgehead atoms. The molecule has 0 heterocycles. The first-order chi connectivity index (χ1) is 11.0. The van der Waals surface area contributed by atoms with Gasteiger partial charge in [-0.15, -0.1) is 0 Å². The molecule has 2 rings (SSSR count). The monoisotopic (exact) mass is 310 g/mol. The van der Waals surface area contributed by atoms with E-state index in [1.54, 1.807) is 25.1 Å². The molecule has 0 saturated carbocycles. The summed E-state index contributed by atoms with van der Waals surface area (Å²) in [5.74, 6) is -0.00828. The standard InChI is InChI=1S/C19H22N2O2/c1-14-5-4-6-16(13-14)19(23)20-17-10-7-15(8-11-17)9-12-18(22)21(2)3/h4-8,10-11,13H,9,12H2,1-3H3,(H,20,23). The van der Waals surface area contributed by atoms with Crippen LogP contribution >= 0.6 is 0 Å². The molecular weight excluding hydrogens is 288 g/mol. The molecule has 120 valence electrons. The molecule has 0 spiro atoms.